The van der Waals surface area contributed by atoms with Gasteiger partial charge in [-0.25, -0.2) is 4.79 Å². The smallest absolute Gasteiger partial charge is 0.339 e. The zero-order valence-electron chi connectivity index (χ0n) is 10.1. The van der Waals surface area contributed by atoms with E-state index in [-0.39, 0.29) is 30.5 Å². The molecule has 1 N–H and O–H groups in total. The maximum Gasteiger partial charge on any atom is 0.339 e. The van der Waals surface area contributed by atoms with Crippen molar-refractivity contribution in [3.8, 4) is 11.5 Å². The lowest BCUT2D eigenvalue weighted by Gasteiger charge is -2.09. The van der Waals surface area contributed by atoms with Crippen molar-refractivity contribution in [1.29, 1.82) is 0 Å². The Morgan fingerprint density at radius 3 is 2.56 bits per heavy atom. The third-order valence-electron chi connectivity index (χ3n) is 2.06. The molecule has 0 fully saturated rings. The molecule has 0 bridgehead atoms. The van der Waals surface area contributed by atoms with Crippen LogP contribution >= 0.6 is 0 Å². The highest BCUT2D eigenvalue weighted by atomic mass is 16.6. The van der Waals surface area contributed by atoms with E-state index >= 15 is 0 Å². The molecule has 0 aliphatic rings. The number of benzene rings is 1. The molecule has 6 nitrogen and oxygen atoms in total. The Kier molecular flexibility index (Phi) is 4.98. The molecule has 1 aromatic carbocycles. The number of carboxylic acid groups (broad SMARTS) is 1. The van der Waals surface area contributed by atoms with E-state index in [1.807, 2.05) is 0 Å². The first-order valence-corrected chi connectivity index (χ1v) is 5.22. The van der Waals surface area contributed by atoms with E-state index in [2.05, 4.69) is 0 Å². The fourth-order valence-electron chi connectivity index (χ4n) is 1.28. The molecule has 0 saturated carbocycles. The minimum absolute atomic E-state index is 0.0600. The summed E-state index contributed by atoms with van der Waals surface area (Å²) in [6.45, 7) is 1.64. The number of aromatic carboxylic acids is 1. The number of rotatable bonds is 6. The van der Waals surface area contributed by atoms with E-state index in [4.69, 9.17) is 19.3 Å². The van der Waals surface area contributed by atoms with Gasteiger partial charge in [0, 0.05) is 13.0 Å². The van der Waals surface area contributed by atoms with Gasteiger partial charge in [-0.3, -0.25) is 4.79 Å². The zero-order valence-corrected chi connectivity index (χ0v) is 10.1. The van der Waals surface area contributed by atoms with E-state index in [9.17, 15) is 9.59 Å². The normalized spacial score (nSPS) is 9.67. The molecule has 0 atom stereocenters. The van der Waals surface area contributed by atoms with Gasteiger partial charge in [-0.15, -0.1) is 0 Å². The van der Waals surface area contributed by atoms with E-state index in [0.29, 0.717) is 5.75 Å². The van der Waals surface area contributed by atoms with Crippen molar-refractivity contribution in [2.45, 2.75) is 6.92 Å². The van der Waals surface area contributed by atoms with Crippen molar-refractivity contribution >= 4 is 11.9 Å². The SMILES string of the molecule is COc1cc(OCCOC(C)=O)ccc1C(=O)O. The van der Waals surface area contributed by atoms with Crippen LogP contribution in [-0.4, -0.2) is 37.4 Å². The van der Waals surface area contributed by atoms with Crippen LogP contribution in [0.3, 0.4) is 0 Å². The average molecular weight is 254 g/mol. The maximum atomic E-state index is 10.8. The molecular formula is C12H14O6. The Morgan fingerprint density at radius 2 is 2.00 bits per heavy atom. The van der Waals surface area contributed by atoms with Crippen LogP contribution in [0.2, 0.25) is 0 Å². The Morgan fingerprint density at radius 1 is 1.28 bits per heavy atom. The lowest BCUT2D eigenvalue weighted by atomic mass is 10.2. The topological polar surface area (TPSA) is 82.1 Å². The zero-order chi connectivity index (χ0) is 13.5. The maximum absolute atomic E-state index is 10.8. The van der Waals surface area contributed by atoms with Crippen LogP contribution in [-0.2, 0) is 9.53 Å². The van der Waals surface area contributed by atoms with Crippen molar-refractivity contribution in [1.82, 2.24) is 0 Å². The van der Waals surface area contributed by atoms with Gasteiger partial charge >= 0.3 is 11.9 Å². The van der Waals surface area contributed by atoms with Crippen LogP contribution in [0.1, 0.15) is 17.3 Å². The summed E-state index contributed by atoms with van der Waals surface area (Å²) in [7, 11) is 1.38. The van der Waals surface area contributed by atoms with Gasteiger partial charge in [-0.05, 0) is 12.1 Å². The second-order valence-electron chi connectivity index (χ2n) is 3.36. The van der Waals surface area contributed by atoms with Gasteiger partial charge in [-0.1, -0.05) is 0 Å². The number of ether oxygens (including phenoxy) is 3. The molecule has 0 spiro atoms. The molecule has 18 heavy (non-hydrogen) atoms. The van der Waals surface area contributed by atoms with Crippen molar-refractivity contribution < 1.29 is 28.9 Å². The Balaban J connectivity index is 2.62. The van der Waals surface area contributed by atoms with Crippen molar-refractivity contribution in [2.75, 3.05) is 20.3 Å². The lowest BCUT2D eigenvalue weighted by Crippen LogP contribution is -2.09. The number of carboxylic acids is 1. The molecule has 98 valence electrons. The molecule has 0 amide bonds. The molecule has 0 unspecified atom stereocenters. The second kappa shape index (κ2) is 6.48. The minimum Gasteiger partial charge on any atom is -0.496 e. The highest BCUT2D eigenvalue weighted by Crippen LogP contribution is 2.24. The summed E-state index contributed by atoms with van der Waals surface area (Å²) in [6, 6.07) is 4.37. The Labute approximate surface area is 104 Å². The van der Waals surface area contributed by atoms with Crippen molar-refractivity contribution in [3.63, 3.8) is 0 Å². The number of carbonyl (C=O) groups excluding carboxylic acids is 1. The highest BCUT2D eigenvalue weighted by molar-refractivity contribution is 5.91. The van der Waals surface area contributed by atoms with Crippen LogP contribution in [0, 0.1) is 0 Å². The fourth-order valence-corrected chi connectivity index (χ4v) is 1.28. The molecule has 1 rings (SSSR count). The van der Waals surface area contributed by atoms with Crippen molar-refractivity contribution in [3.05, 3.63) is 23.8 Å². The van der Waals surface area contributed by atoms with Gasteiger partial charge in [0.25, 0.3) is 0 Å². The van der Waals surface area contributed by atoms with Gasteiger partial charge in [0.2, 0.25) is 0 Å². The lowest BCUT2D eigenvalue weighted by molar-refractivity contribution is -0.141. The molecule has 6 heteroatoms. The first kappa shape index (κ1) is 13.8. The Bertz CT molecular complexity index is 440. The van der Waals surface area contributed by atoms with E-state index in [1.54, 1.807) is 0 Å². The van der Waals surface area contributed by atoms with Gasteiger partial charge in [0.05, 0.1) is 7.11 Å². The first-order valence-electron chi connectivity index (χ1n) is 5.22. The third kappa shape index (κ3) is 3.97. The molecular weight excluding hydrogens is 240 g/mol. The summed E-state index contributed by atoms with van der Waals surface area (Å²) in [5.74, 6) is -0.785. The van der Waals surface area contributed by atoms with Crippen LogP contribution < -0.4 is 9.47 Å². The molecule has 1 aromatic rings. The van der Waals surface area contributed by atoms with Gasteiger partial charge in [-0.2, -0.15) is 0 Å². The van der Waals surface area contributed by atoms with Crippen LogP contribution in [0.25, 0.3) is 0 Å². The standard InChI is InChI=1S/C12H14O6/c1-8(13)17-5-6-18-9-3-4-10(12(14)15)11(7-9)16-2/h3-4,7H,5-6H2,1-2H3,(H,14,15). The predicted molar refractivity (Wildman–Crippen MR) is 62.1 cm³/mol. The minimum atomic E-state index is -1.07. The van der Waals surface area contributed by atoms with Crippen LogP contribution in [0.5, 0.6) is 11.5 Å². The van der Waals surface area contributed by atoms with Gasteiger partial charge in [0.15, 0.2) is 0 Å². The van der Waals surface area contributed by atoms with Crippen molar-refractivity contribution in [2.24, 2.45) is 0 Å². The summed E-state index contributed by atoms with van der Waals surface area (Å²) < 4.78 is 14.9. The number of hydrogen-bond donors (Lipinski definition) is 1. The van der Waals surface area contributed by atoms with Gasteiger partial charge < -0.3 is 19.3 Å². The number of methoxy groups -OCH3 is 1. The van der Waals surface area contributed by atoms with Crippen LogP contribution in [0.4, 0.5) is 0 Å². The fraction of sp³-hybridized carbons (Fsp3) is 0.333. The summed E-state index contributed by atoms with van der Waals surface area (Å²) >= 11 is 0. The van der Waals surface area contributed by atoms with Gasteiger partial charge in [0.1, 0.15) is 30.3 Å². The van der Waals surface area contributed by atoms with Crippen LogP contribution in [0.15, 0.2) is 18.2 Å². The van der Waals surface area contributed by atoms with E-state index in [0.717, 1.165) is 0 Å². The molecule has 0 aliphatic carbocycles. The van der Waals surface area contributed by atoms with E-state index < -0.39 is 5.97 Å². The number of hydrogen-bond acceptors (Lipinski definition) is 5. The molecule has 0 aliphatic heterocycles. The number of carbonyl (C=O) groups is 2. The second-order valence-corrected chi connectivity index (χ2v) is 3.36. The summed E-state index contributed by atoms with van der Waals surface area (Å²) in [6.07, 6.45) is 0. The summed E-state index contributed by atoms with van der Waals surface area (Å²) in [5, 5.41) is 8.88. The monoisotopic (exact) mass is 254 g/mol. The summed E-state index contributed by atoms with van der Waals surface area (Å²) in [4.78, 5) is 21.4. The summed E-state index contributed by atoms with van der Waals surface area (Å²) in [5.41, 5.74) is 0.0600. The molecule has 0 saturated heterocycles. The number of esters is 1. The first-order chi connectivity index (χ1) is 8.54. The molecule has 0 heterocycles. The predicted octanol–water partition coefficient (Wildman–Crippen LogP) is 1.34. The Hall–Kier alpha value is -2.24. The van der Waals surface area contributed by atoms with E-state index in [1.165, 1.54) is 32.2 Å². The highest BCUT2D eigenvalue weighted by Gasteiger charge is 2.11. The largest absolute Gasteiger partial charge is 0.496 e. The molecule has 0 radical (unpaired) electrons. The third-order valence-corrected chi connectivity index (χ3v) is 2.06. The quantitative estimate of drug-likeness (QED) is 0.609. The average Bonchev–Trinajstić information content (AvgIpc) is 2.33. The molecule has 0 aromatic heterocycles.